The Labute approximate surface area is 252 Å². The van der Waals surface area contributed by atoms with Crippen LogP contribution in [0.4, 0.5) is 11.5 Å². The van der Waals surface area contributed by atoms with Crippen molar-refractivity contribution >= 4 is 39.8 Å². The number of nitrogens with zero attached hydrogens (tertiary/aromatic N) is 6. The number of piperidine rings is 1. The molecule has 1 amide bonds. The Hall–Kier alpha value is -3.14. The summed E-state index contributed by atoms with van der Waals surface area (Å²) in [6.45, 7) is 4.88. The Morgan fingerprint density at radius 1 is 1.07 bits per heavy atom. The third-order valence-corrected chi connectivity index (χ3v) is 10.3. The minimum absolute atomic E-state index is 0.0258. The van der Waals surface area contributed by atoms with Crippen molar-refractivity contribution in [3.63, 3.8) is 0 Å². The van der Waals surface area contributed by atoms with E-state index >= 15 is 0 Å². The summed E-state index contributed by atoms with van der Waals surface area (Å²) < 4.78 is 6.32. The molecule has 222 valence electrons. The molecule has 42 heavy (non-hydrogen) atoms. The first-order valence-corrected chi connectivity index (χ1v) is 15.5. The van der Waals surface area contributed by atoms with E-state index in [1.54, 1.807) is 14.2 Å². The Morgan fingerprint density at radius 2 is 1.90 bits per heavy atom. The number of hydroxylamine groups is 2. The number of fused-ring (bicyclic) bond motifs is 3. The molecule has 3 aromatic rings. The van der Waals surface area contributed by atoms with Crippen molar-refractivity contribution in [2.75, 3.05) is 63.8 Å². The number of amides is 1. The summed E-state index contributed by atoms with van der Waals surface area (Å²) in [4.78, 5) is 35.2. The van der Waals surface area contributed by atoms with Crippen LogP contribution in [0.25, 0.3) is 10.8 Å². The van der Waals surface area contributed by atoms with Crippen LogP contribution in [-0.2, 0) is 22.6 Å². The molecule has 9 nitrogen and oxygen atoms in total. The van der Waals surface area contributed by atoms with E-state index in [-0.39, 0.29) is 11.8 Å². The van der Waals surface area contributed by atoms with Crippen molar-refractivity contribution in [2.45, 2.75) is 38.3 Å². The van der Waals surface area contributed by atoms with Gasteiger partial charge in [0.1, 0.15) is 12.4 Å². The van der Waals surface area contributed by atoms with Gasteiger partial charge in [0.25, 0.3) is 0 Å². The minimum Gasteiger partial charge on any atom is -0.462 e. The fraction of sp³-hybridized carbons (Fsp3) is 0.531. The number of anilines is 2. The molecule has 2 aromatic carbocycles. The Balaban J connectivity index is 1.19. The maximum absolute atomic E-state index is 12.9. The number of ether oxygens (including phenoxy) is 1. The fourth-order valence-electron chi connectivity index (χ4n) is 7.42. The number of aromatic nitrogens is 2. The summed E-state index contributed by atoms with van der Waals surface area (Å²) in [6, 6.07) is 13.3. The largest absolute Gasteiger partial charge is 0.462 e. The lowest BCUT2D eigenvalue weighted by Gasteiger charge is -2.35. The average Bonchev–Trinajstić information content (AvgIpc) is 3.59. The zero-order valence-corrected chi connectivity index (χ0v) is 25.4. The van der Waals surface area contributed by atoms with Crippen molar-refractivity contribution in [3.05, 3.63) is 52.7 Å². The van der Waals surface area contributed by atoms with Crippen LogP contribution in [-0.4, -0.2) is 85.9 Å². The highest BCUT2D eigenvalue weighted by molar-refractivity contribution is 6.36. The first-order chi connectivity index (χ1) is 20.4. The van der Waals surface area contributed by atoms with Gasteiger partial charge >= 0.3 is 6.01 Å². The maximum Gasteiger partial charge on any atom is 0.318 e. The van der Waals surface area contributed by atoms with Crippen LogP contribution in [0, 0.1) is 17.8 Å². The molecule has 1 aliphatic carbocycles. The molecule has 1 aromatic heterocycles. The van der Waals surface area contributed by atoms with E-state index < -0.39 is 0 Å². The van der Waals surface area contributed by atoms with Gasteiger partial charge in [0.05, 0.1) is 24.4 Å². The summed E-state index contributed by atoms with van der Waals surface area (Å²) >= 11 is 6.71. The van der Waals surface area contributed by atoms with Gasteiger partial charge in [-0.05, 0) is 68.6 Å². The van der Waals surface area contributed by atoms with Crippen molar-refractivity contribution in [3.8, 4) is 6.01 Å². The second-order valence-corrected chi connectivity index (χ2v) is 12.6. The molecule has 10 heteroatoms. The number of halogens is 1. The number of likely N-dealkylation sites (N-methyl/N-ethyl adjacent to an activating group) is 1. The van der Waals surface area contributed by atoms with Crippen molar-refractivity contribution in [1.82, 2.24) is 19.9 Å². The van der Waals surface area contributed by atoms with Gasteiger partial charge in [-0.15, -0.1) is 0 Å². The molecule has 4 aliphatic rings. The van der Waals surface area contributed by atoms with E-state index in [2.05, 4.69) is 46.0 Å². The van der Waals surface area contributed by atoms with Crippen LogP contribution < -0.4 is 14.5 Å². The SMILES string of the molecule is CON(C)C(=O)C1[C@H]2CN(c3nc(OC[C@@H]4CCCN4C)nc4c3CCN(c3cccc5cccc(Cl)c35)C4)CC[C@@H]12. The molecule has 4 heterocycles. The number of likely N-dealkylation sites (tertiary alicyclic amines) is 1. The lowest BCUT2D eigenvalue weighted by molar-refractivity contribution is -0.170. The van der Waals surface area contributed by atoms with Gasteiger partial charge in [0.2, 0.25) is 5.91 Å². The summed E-state index contributed by atoms with van der Waals surface area (Å²) in [5.41, 5.74) is 3.33. The van der Waals surface area contributed by atoms with Crippen LogP contribution >= 0.6 is 11.6 Å². The highest BCUT2D eigenvalue weighted by atomic mass is 35.5. The zero-order chi connectivity index (χ0) is 29.0. The zero-order valence-electron chi connectivity index (χ0n) is 24.6. The van der Waals surface area contributed by atoms with Crippen LogP contribution in [0.5, 0.6) is 6.01 Å². The Morgan fingerprint density at radius 3 is 2.69 bits per heavy atom. The maximum atomic E-state index is 12.9. The molecule has 0 spiro atoms. The van der Waals surface area contributed by atoms with Gasteiger partial charge in [-0.1, -0.05) is 35.9 Å². The van der Waals surface area contributed by atoms with E-state index in [4.69, 9.17) is 31.1 Å². The number of carbonyl (C=O) groups excluding carboxylic acids is 1. The van der Waals surface area contributed by atoms with Crippen LogP contribution in [0.1, 0.15) is 30.5 Å². The summed E-state index contributed by atoms with van der Waals surface area (Å²) in [5.74, 6) is 1.82. The molecule has 2 saturated heterocycles. The van der Waals surface area contributed by atoms with Gasteiger partial charge in [-0.2, -0.15) is 9.97 Å². The van der Waals surface area contributed by atoms with Crippen LogP contribution in [0.3, 0.4) is 0 Å². The average molecular weight is 591 g/mol. The highest BCUT2D eigenvalue weighted by Gasteiger charge is 2.57. The predicted octanol–water partition coefficient (Wildman–Crippen LogP) is 4.41. The number of benzene rings is 2. The third kappa shape index (κ3) is 4.95. The van der Waals surface area contributed by atoms with E-state index in [9.17, 15) is 4.79 Å². The second-order valence-electron chi connectivity index (χ2n) is 12.2. The lowest BCUT2D eigenvalue weighted by atomic mass is 10.0. The number of hydrogen-bond donors (Lipinski definition) is 0. The molecular formula is C32H39ClN6O3. The highest BCUT2D eigenvalue weighted by Crippen LogP contribution is 2.53. The molecule has 1 unspecified atom stereocenters. The first kappa shape index (κ1) is 27.7. The van der Waals surface area contributed by atoms with Crippen molar-refractivity contribution in [2.24, 2.45) is 17.8 Å². The molecule has 3 aliphatic heterocycles. The number of rotatable bonds is 7. The molecule has 0 radical (unpaired) electrons. The number of carbonyl (C=O) groups is 1. The topological polar surface area (TPSA) is 74.3 Å². The van der Waals surface area contributed by atoms with Gasteiger partial charge in [-0.3, -0.25) is 9.63 Å². The van der Waals surface area contributed by atoms with Crippen LogP contribution in [0.15, 0.2) is 36.4 Å². The van der Waals surface area contributed by atoms with Gasteiger partial charge in [0.15, 0.2) is 0 Å². The summed E-state index contributed by atoms with van der Waals surface area (Å²) in [7, 11) is 5.40. The normalized spacial score (nSPS) is 25.3. The summed E-state index contributed by atoms with van der Waals surface area (Å²) in [5, 5.41) is 4.35. The predicted molar refractivity (Wildman–Crippen MR) is 164 cm³/mol. The standard InChI is InChI=1S/C32H39ClN6O3/c1-36-14-6-9-21(36)19-42-32-34-26-18-38(27-11-5-8-20-7-4-10-25(33)28(20)27)15-13-23(26)30(35-32)39-16-12-22-24(17-39)29(22)31(40)37(2)41-3/h4-5,7-8,10-11,21-22,24,29H,6,9,12-19H2,1-3H3/t21-,22+,24-,29?/m0/s1. The van der Waals surface area contributed by atoms with Crippen molar-refractivity contribution < 1.29 is 14.4 Å². The molecule has 0 N–H and O–H groups in total. The smallest absolute Gasteiger partial charge is 0.318 e. The third-order valence-electron chi connectivity index (χ3n) is 9.94. The van der Waals surface area contributed by atoms with Gasteiger partial charge in [-0.25, -0.2) is 5.06 Å². The quantitative estimate of drug-likeness (QED) is 0.375. The Kier molecular flexibility index (Phi) is 7.36. The lowest BCUT2D eigenvalue weighted by Crippen LogP contribution is -2.37. The molecule has 3 fully saturated rings. The molecule has 7 rings (SSSR count). The monoisotopic (exact) mass is 590 g/mol. The minimum atomic E-state index is 0.0258. The van der Waals surface area contributed by atoms with Crippen molar-refractivity contribution in [1.29, 1.82) is 0 Å². The fourth-order valence-corrected chi connectivity index (χ4v) is 7.70. The van der Waals surface area contributed by atoms with E-state index in [0.717, 1.165) is 78.4 Å². The second kappa shape index (κ2) is 11.2. The molecule has 0 bridgehead atoms. The molecule has 4 atom stereocenters. The molecular weight excluding hydrogens is 552 g/mol. The number of hydrogen-bond acceptors (Lipinski definition) is 8. The van der Waals surface area contributed by atoms with E-state index in [1.807, 2.05) is 12.1 Å². The molecule has 1 saturated carbocycles. The Bertz CT molecular complexity index is 1500. The van der Waals surface area contributed by atoms with E-state index in [1.165, 1.54) is 17.0 Å². The van der Waals surface area contributed by atoms with Gasteiger partial charge in [0, 0.05) is 55.3 Å². The van der Waals surface area contributed by atoms with E-state index in [0.29, 0.717) is 37.0 Å². The first-order valence-electron chi connectivity index (χ1n) is 15.1. The van der Waals surface area contributed by atoms with Gasteiger partial charge < -0.3 is 19.4 Å². The summed E-state index contributed by atoms with van der Waals surface area (Å²) in [6.07, 6.45) is 4.12. The van der Waals surface area contributed by atoms with Crippen LogP contribution in [0.2, 0.25) is 5.02 Å².